The monoisotopic (exact) mass is 452 g/mol. The molecule has 0 radical (unpaired) electrons. The van der Waals surface area contributed by atoms with Gasteiger partial charge in [-0.1, -0.05) is 12.1 Å². The van der Waals surface area contributed by atoms with Gasteiger partial charge in [0.15, 0.2) is 0 Å². The number of hydrogen-bond donors (Lipinski definition) is 2. The zero-order valence-electron chi connectivity index (χ0n) is 17.2. The van der Waals surface area contributed by atoms with Gasteiger partial charge in [0.05, 0.1) is 22.5 Å². The number of aryl methyl sites for hydroxylation is 1. The van der Waals surface area contributed by atoms with Crippen LogP contribution in [0.1, 0.15) is 23.1 Å². The van der Waals surface area contributed by atoms with E-state index in [0.29, 0.717) is 5.56 Å². The van der Waals surface area contributed by atoms with Gasteiger partial charge in [-0.25, -0.2) is 17.8 Å². The molecule has 0 bridgehead atoms. The highest BCUT2D eigenvalue weighted by atomic mass is 32.2. The Bertz CT molecular complexity index is 1360. The Morgan fingerprint density at radius 1 is 1.00 bits per heavy atom. The van der Waals surface area contributed by atoms with Crippen LogP contribution in [0.2, 0.25) is 0 Å². The number of fused-ring (bicyclic) bond motifs is 1. The van der Waals surface area contributed by atoms with Crippen molar-refractivity contribution < 1.29 is 17.6 Å². The van der Waals surface area contributed by atoms with Crippen molar-refractivity contribution >= 4 is 32.7 Å². The number of carbonyl (C=O) groups excluding carboxylic acids is 1. The quantitative estimate of drug-likeness (QED) is 0.444. The van der Waals surface area contributed by atoms with Crippen molar-refractivity contribution in [3.8, 4) is 0 Å². The lowest BCUT2D eigenvalue weighted by atomic mass is 10.2. The molecule has 7 nitrogen and oxygen atoms in total. The van der Waals surface area contributed by atoms with Crippen molar-refractivity contribution in [3.63, 3.8) is 0 Å². The highest BCUT2D eigenvalue weighted by Gasteiger charge is 2.16. The summed E-state index contributed by atoms with van der Waals surface area (Å²) in [5.41, 5.74) is 2.43. The number of carbonyl (C=O) groups is 1. The molecule has 0 atom stereocenters. The Morgan fingerprint density at radius 3 is 2.38 bits per heavy atom. The average Bonchev–Trinajstić information content (AvgIpc) is 3.16. The van der Waals surface area contributed by atoms with E-state index in [1.54, 1.807) is 0 Å². The molecule has 0 unspecified atom stereocenters. The minimum atomic E-state index is -3.87. The number of nitrogens with one attached hydrogen (secondary N) is 2. The second-order valence-corrected chi connectivity index (χ2v) is 8.76. The lowest BCUT2D eigenvalue weighted by Gasteiger charge is -2.10. The summed E-state index contributed by atoms with van der Waals surface area (Å²) in [5.74, 6) is -0.0577. The van der Waals surface area contributed by atoms with Gasteiger partial charge in [0, 0.05) is 17.8 Å². The Kier molecular flexibility index (Phi) is 5.91. The largest absolute Gasteiger partial charge is 0.345 e. The first-order valence-electron chi connectivity index (χ1n) is 9.98. The number of hydrogen-bond acceptors (Lipinski definition) is 4. The van der Waals surface area contributed by atoms with Crippen LogP contribution in [0.4, 0.5) is 10.1 Å². The van der Waals surface area contributed by atoms with Crippen molar-refractivity contribution in [1.29, 1.82) is 0 Å². The van der Waals surface area contributed by atoms with Crippen LogP contribution in [0.3, 0.4) is 0 Å². The molecule has 3 aromatic carbocycles. The van der Waals surface area contributed by atoms with Gasteiger partial charge >= 0.3 is 0 Å². The second-order valence-electron chi connectivity index (χ2n) is 7.08. The first kappa shape index (κ1) is 21.5. The molecule has 0 aliphatic rings. The maximum Gasteiger partial charge on any atom is 0.261 e. The van der Waals surface area contributed by atoms with E-state index in [1.807, 2.05) is 35.8 Å². The van der Waals surface area contributed by atoms with Crippen molar-refractivity contribution in [2.75, 3.05) is 4.72 Å². The Morgan fingerprint density at radius 2 is 1.69 bits per heavy atom. The Labute approximate surface area is 185 Å². The lowest BCUT2D eigenvalue weighted by molar-refractivity contribution is 0.0949. The third-order valence-electron chi connectivity index (χ3n) is 4.98. The predicted molar refractivity (Wildman–Crippen MR) is 120 cm³/mol. The maximum absolute atomic E-state index is 13.0. The highest BCUT2D eigenvalue weighted by molar-refractivity contribution is 7.92. The fraction of sp³-hybridized carbons (Fsp3) is 0.130. The van der Waals surface area contributed by atoms with Crippen LogP contribution >= 0.6 is 0 Å². The summed E-state index contributed by atoms with van der Waals surface area (Å²) in [5, 5.41) is 2.83. The van der Waals surface area contributed by atoms with Gasteiger partial charge in [-0.2, -0.15) is 0 Å². The Hall–Kier alpha value is -3.72. The molecule has 4 rings (SSSR count). The van der Waals surface area contributed by atoms with E-state index in [-0.39, 0.29) is 23.0 Å². The molecule has 1 aromatic heterocycles. The van der Waals surface area contributed by atoms with Gasteiger partial charge in [-0.15, -0.1) is 0 Å². The number of amides is 1. The summed E-state index contributed by atoms with van der Waals surface area (Å²) in [6.07, 6.45) is 0. The third kappa shape index (κ3) is 4.47. The fourth-order valence-electron chi connectivity index (χ4n) is 3.39. The van der Waals surface area contributed by atoms with E-state index in [1.165, 1.54) is 36.4 Å². The number of benzene rings is 3. The van der Waals surface area contributed by atoms with Gasteiger partial charge in [0.25, 0.3) is 15.9 Å². The van der Waals surface area contributed by atoms with Gasteiger partial charge in [0.2, 0.25) is 0 Å². The standard InChI is InChI=1S/C23H21FN4O3S/c1-2-28-21-6-4-3-5-20(21)26-22(28)15-25-23(29)16-7-13-19(14-8-16)32(30,31)27-18-11-9-17(24)10-12-18/h3-14,27H,2,15H2,1H3,(H,25,29). The molecule has 0 aliphatic heterocycles. The number of anilines is 1. The van der Waals surface area contributed by atoms with Gasteiger partial charge in [-0.05, 0) is 67.6 Å². The Balaban J connectivity index is 1.45. The molecule has 164 valence electrons. The molecule has 0 saturated carbocycles. The highest BCUT2D eigenvalue weighted by Crippen LogP contribution is 2.18. The van der Waals surface area contributed by atoms with Gasteiger partial charge in [0.1, 0.15) is 11.6 Å². The molecular weight excluding hydrogens is 431 g/mol. The first-order valence-corrected chi connectivity index (χ1v) is 11.5. The number of para-hydroxylation sites is 2. The number of nitrogens with zero attached hydrogens (tertiary/aromatic N) is 2. The summed E-state index contributed by atoms with van der Waals surface area (Å²) >= 11 is 0. The molecule has 1 amide bonds. The summed E-state index contributed by atoms with van der Waals surface area (Å²) in [6, 6.07) is 18.3. The van der Waals surface area contributed by atoms with Crippen LogP contribution in [0.15, 0.2) is 77.7 Å². The van der Waals surface area contributed by atoms with Crippen LogP contribution in [-0.2, 0) is 23.1 Å². The smallest absolute Gasteiger partial charge is 0.261 e. The molecular formula is C23H21FN4O3S. The molecule has 0 fully saturated rings. The molecule has 0 saturated heterocycles. The van der Waals surface area contributed by atoms with Crippen molar-refractivity contribution in [2.24, 2.45) is 0 Å². The number of imidazole rings is 1. The van der Waals surface area contributed by atoms with E-state index in [9.17, 15) is 17.6 Å². The molecule has 1 heterocycles. The summed E-state index contributed by atoms with van der Waals surface area (Å²) in [7, 11) is -3.87. The van der Waals surface area contributed by atoms with Crippen LogP contribution < -0.4 is 10.0 Å². The normalized spacial score (nSPS) is 11.4. The van der Waals surface area contributed by atoms with Crippen LogP contribution in [0.25, 0.3) is 11.0 Å². The first-order chi connectivity index (χ1) is 15.4. The van der Waals surface area contributed by atoms with Crippen LogP contribution in [0.5, 0.6) is 0 Å². The van der Waals surface area contributed by atoms with Gasteiger partial charge < -0.3 is 9.88 Å². The molecule has 9 heteroatoms. The minimum Gasteiger partial charge on any atom is -0.345 e. The molecule has 0 spiro atoms. The maximum atomic E-state index is 13.0. The number of rotatable bonds is 7. The molecule has 32 heavy (non-hydrogen) atoms. The van der Waals surface area contributed by atoms with E-state index in [4.69, 9.17) is 0 Å². The molecule has 4 aromatic rings. The SMILES string of the molecule is CCn1c(CNC(=O)c2ccc(S(=O)(=O)Nc3ccc(F)cc3)cc2)nc2ccccc21. The number of aromatic nitrogens is 2. The molecule has 2 N–H and O–H groups in total. The van der Waals surface area contributed by atoms with E-state index >= 15 is 0 Å². The lowest BCUT2D eigenvalue weighted by Crippen LogP contribution is -2.24. The van der Waals surface area contributed by atoms with Crippen molar-refractivity contribution in [3.05, 3.63) is 90.0 Å². The van der Waals surface area contributed by atoms with Crippen molar-refractivity contribution in [1.82, 2.24) is 14.9 Å². The predicted octanol–water partition coefficient (Wildman–Crippen LogP) is 3.93. The fourth-order valence-corrected chi connectivity index (χ4v) is 4.45. The number of sulfonamides is 1. The summed E-state index contributed by atoms with van der Waals surface area (Å²) in [6.45, 7) is 2.98. The van der Waals surface area contributed by atoms with E-state index in [0.717, 1.165) is 35.5 Å². The summed E-state index contributed by atoms with van der Waals surface area (Å²) in [4.78, 5) is 17.1. The zero-order valence-corrected chi connectivity index (χ0v) is 18.1. The summed E-state index contributed by atoms with van der Waals surface area (Å²) < 4.78 is 42.5. The molecule has 0 aliphatic carbocycles. The van der Waals surface area contributed by atoms with Crippen LogP contribution in [-0.4, -0.2) is 23.9 Å². The third-order valence-corrected chi connectivity index (χ3v) is 6.38. The van der Waals surface area contributed by atoms with Gasteiger partial charge in [-0.3, -0.25) is 9.52 Å². The topological polar surface area (TPSA) is 93.1 Å². The van der Waals surface area contributed by atoms with Crippen LogP contribution in [0, 0.1) is 5.82 Å². The second kappa shape index (κ2) is 8.80. The minimum absolute atomic E-state index is 0.00819. The number of halogens is 1. The van der Waals surface area contributed by atoms with E-state index < -0.39 is 15.8 Å². The average molecular weight is 453 g/mol. The zero-order chi connectivity index (χ0) is 22.7. The van der Waals surface area contributed by atoms with Crippen molar-refractivity contribution in [2.45, 2.75) is 24.9 Å². The van der Waals surface area contributed by atoms with E-state index in [2.05, 4.69) is 15.0 Å².